The van der Waals surface area contributed by atoms with Gasteiger partial charge in [0, 0.05) is 25.2 Å². The maximum Gasteiger partial charge on any atom is 0.137 e. The molecule has 1 aliphatic rings. The molecule has 21 heavy (non-hydrogen) atoms. The Bertz CT molecular complexity index is 444. The molecule has 1 atom stereocenters. The number of anilines is 2. The van der Waals surface area contributed by atoms with Gasteiger partial charge in [-0.1, -0.05) is 34.1 Å². The zero-order valence-electron chi connectivity index (χ0n) is 14.0. The van der Waals surface area contributed by atoms with Crippen LogP contribution in [0, 0.1) is 5.92 Å². The minimum Gasteiger partial charge on any atom is -0.370 e. The predicted octanol–water partition coefficient (Wildman–Crippen LogP) is 4.05. The van der Waals surface area contributed by atoms with E-state index < -0.39 is 0 Å². The van der Waals surface area contributed by atoms with Crippen LogP contribution in [0.25, 0.3) is 0 Å². The summed E-state index contributed by atoms with van der Waals surface area (Å²) >= 11 is 0. The lowest BCUT2D eigenvalue weighted by Crippen LogP contribution is -2.24. The van der Waals surface area contributed by atoms with Crippen molar-refractivity contribution in [2.45, 2.75) is 59.3 Å². The Kier molecular flexibility index (Phi) is 5.83. The molecule has 4 nitrogen and oxygen atoms in total. The lowest BCUT2D eigenvalue weighted by molar-refractivity contribution is 0.529. The van der Waals surface area contributed by atoms with Crippen LogP contribution in [0.1, 0.15) is 64.9 Å². The van der Waals surface area contributed by atoms with Gasteiger partial charge in [0.2, 0.25) is 0 Å². The molecular weight excluding hydrogens is 260 g/mol. The number of aromatic nitrogens is 2. The fourth-order valence-electron chi connectivity index (χ4n) is 3.22. The Labute approximate surface area is 129 Å². The largest absolute Gasteiger partial charge is 0.370 e. The van der Waals surface area contributed by atoms with Gasteiger partial charge in [-0.2, -0.15) is 0 Å². The summed E-state index contributed by atoms with van der Waals surface area (Å²) in [5.74, 6) is 3.44. The van der Waals surface area contributed by atoms with Crippen LogP contribution in [0.3, 0.4) is 0 Å². The van der Waals surface area contributed by atoms with Gasteiger partial charge >= 0.3 is 0 Å². The molecule has 0 saturated carbocycles. The standard InChI is InChI=1S/C17H30N4/c1-5-7-14-8-10-21(11-14)17-15(13(3)4)16(18-9-6-2)19-12-20-17/h12-14H,5-11H2,1-4H3,(H,18,19,20). The lowest BCUT2D eigenvalue weighted by atomic mass is 10.0. The molecule has 1 aromatic heterocycles. The molecule has 118 valence electrons. The third-order valence-electron chi connectivity index (χ3n) is 4.26. The minimum atomic E-state index is 0.436. The van der Waals surface area contributed by atoms with Gasteiger partial charge in [0.25, 0.3) is 0 Å². The van der Waals surface area contributed by atoms with Crippen LogP contribution in [0.2, 0.25) is 0 Å². The molecule has 1 aliphatic heterocycles. The van der Waals surface area contributed by atoms with Gasteiger partial charge in [0.05, 0.1) is 0 Å². The van der Waals surface area contributed by atoms with Crippen molar-refractivity contribution in [3.8, 4) is 0 Å². The summed E-state index contributed by atoms with van der Waals surface area (Å²) in [6, 6.07) is 0. The highest BCUT2D eigenvalue weighted by molar-refractivity contribution is 5.60. The van der Waals surface area contributed by atoms with Crippen LogP contribution in [0.5, 0.6) is 0 Å². The van der Waals surface area contributed by atoms with Crippen LogP contribution >= 0.6 is 0 Å². The second-order valence-corrected chi connectivity index (χ2v) is 6.43. The summed E-state index contributed by atoms with van der Waals surface area (Å²) in [5.41, 5.74) is 1.28. The summed E-state index contributed by atoms with van der Waals surface area (Å²) in [7, 11) is 0. The predicted molar refractivity (Wildman–Crippen MR) is 90.1 cm³/mol. The highest BCUT2D eigenvalue weighted by atomic mass is 15.2. The first-order chi connectivity index (χ1) is 10.2. The average molecular weight is 290 g/mol. The van der Waals surface area contributed by atoms with Gasteiger partial charge in [-0.05, 0) is 31.1 Å². The van der Waals surface area contributed by atoms with E-state index in [4.69, 9.17) is 0 Å². The summed E-state index contributed by atoms with van der Waals surface area (Å²) in [6.45, 7) is 12.2. The number of nitrogens with zero attached hydrogens (tertiary/aromatic N) is 3. The molecule has 0 spiro atoms. The van der Waals surface area contributed by atoms with E-state index in [0.29, 0.717) is 5.92 Å². The minimum absolute atomic E-state index is 0.436. The normalized spacial score (nSPS) is 18.5. The fourth-order valence-corrected chi connectivity index (χ4v) is 3.22. The Morgan fingerprint density at radius 1 is 1.29 bits per heavy atom. The molecule has 0 amide bonds. The molecule has 0 aromatic carbocycles. The first-order valence-corrected chi connectivity index (χ1v) is 8.51. The third-order valence-corrected chi connectivity index (χ3v) is 4.26. The molecule has 2 heterocycles. The van der Waals surface area contributed by atoms with Crippen LogP contribution in [-0.4, -0.2) is 29.6 Å². The van der Waals surface area contributed by atoms with E-state index in [1.807, 2.05) is 0 Å². The Morgan fingerprint density at radius 2 is 2.10 bits per heavy atom. The molecule has 1 N–H and O–H groups in total. The fraction of sp³-hybridized carbons (Fsp3) is 0.765. The van der Waals surface area contributed by atoms with Crippen molar-refractivity contribution >= 4 is 11.6 Å². The quantitative estimate of drug-likeness (QED) is 0.822. The monoisotopic (exact) mass is 290 g/mol. The summed E-state index contributed by atoms with van der Waals surface area (Å²) in [4.78, 5) is 11.6. The van der Waals surface area contributed by atoms with Crippen molar-refractivity contribution in [1.82, 2.24) is 9.97 Å². The van der Waals surface area contributed by atoms with Crippen LogP contribution in [-0.2, 0) is 0 Å². The Balaban J connectivity index is 2.22. The van der Waals surface area contributed by atoms with Crippen molar-refractivity contribution in [2.24, 2.45) is 5.92 Å². The van der Waals surface area contributed by atoms with E-state index >= 15 is 0 Å². The van der Waals surface area contributed by atoms with Gasteiger partial charge in [-0.15, -0.1) is 0 Å². The first-order valence-electron chi connectivity index (χ1n) is 8.51. The molecule has 4 heteroatoms. The molecule has 1 aromatic rings. The van der Waals surface area contributed by atoms with Gasteiger partial charge in [-0.3, -0.25) is 0 Å². The SMILES string of the molecule is CCCNc1ncnc(N2CCC(CCC)C2)c1C(C)C. The number of nitrogens with one attached hydrogen (secondary N) is 1. The molecule has 1 saturated heterocycles. The second-order valence-electron chi connectivity index (χ2n) is 6.43. The van der Waals surface area contributed by atoms with E-state index in [1.165, 1.54) is 24.8 Å². The van der Waals surface area contributed by atoms with Crippen LogP contribution in [0.4, 0.5) is 11.6 Å². The first kappa shape index (κ1) is 16.1. The van der Waals surface area contributed by atoms with Crippen molar-refractivity contribution < 1.29 is 0 Å². The highest BCUT2D eigenvalue weighted by Crippen LogP contribution is 2.34. The number of hydrogen-bond donors (Lipinski definition) is 1. The van der Waals surface area contributed by atoms with Crippen molar-refractivity contribution in [1.29, 1.82) is 0 Å². The molecule has 2 rings (SSSR count). The molecular formula is C17H30N4. The zero-order chi connectivity index (χ0) is 15.2. The molecule has 0 aliphatic carbocycles. The van der Waals surface area contributed by atoms with E-state index in [1.54, 1.807) is 6.33 Å². The topological polar surface area (TPSA) is 41.1 Å². The third kappa shape index (κ3) is 3.86. The van der Waals surface area contributed by atoms with E-state index in [9.17, 15) is 0 Å². The highest BCUT2D eigenvalue weighted by Gasteiger charge is 2.26. The van der Waals surface area contributed by atoms with Crippen LogP contribution < -0.4 is 10.2 Å². The van der Waals surface area contributed by atoms with Gasteiger partial charge in [0.15, 0.2) is 0 Å². The van der Waals surface area contributed by atoms with E-state index in [0.717, 1.165) is 43.6 Å². The molecule has 0 radical (unpaired) electrons. The van der Waals surface area contributed by atoms with Crippen LogP contribution in [0.15, 0.2) is 6.33 Å². The Hall–Kier alpha value is -1.32. The number of hydrogen-bond acceptors (Lipinski definition) is 4. The van der Waals surface area contributed by atoms with E-state index in [2.05, 4.69) is 47.9 Å². The van der Waals surface area contributed by atoms with Crippen molar-refractivity contribution in [3.05, 3.63) is 11.9 Å². The van der Waals surface area contributed by atoms with Gasteiger partial charge in [0.1, 0.15) is 18.0 Å². The molecule has 1 unspecified atom stereocenters. The van der Waals surface area contributed by atoms with E-state index in [-0.39, 0.29) is 0 Å². The van der Waals surface area contributed by atoms with Crippen molar-refractivity contribution in [3.63, 3.8) is 0 Å². The Morgan fingerprint density at radius 3 is 2.76 bits per heavy atom. The summed E-state index contributed by atoms with van der Waals surface area (Å²) in [5, 5.41) is 3.47. The molecule has 1 fully saturated rings. The van der Waals surface area contributed by atoms with Gasteiger partial charge in [-0.25, -0.2) is 9.97 Å². The summed E-state index contributed by atoms with van der Waals surface area (Å²) in [6.07, 6.45) is 6.74. The number of rotatable bonds is 7. The maximum absolute atomic E-state index is 4.62. The smallest absolute Gasteiger partial charge is 0.137 e. The molecule has 0 bridgehead atoms. The maximum atomic E-state index is 4.62. The van der Waals surface area contributed by atoms with Crippen molar-refractivity contribution in [2.75, 3.05) is 29.9 Å². The lowest BCUT2D eigenvalue weighted by Gasteiger charge is -2.24. The zero-order valence-corrected chi connectivity index (χ0v) is 14.0. The second kappa shape index (κ2) is 7.62. The summed E-state index contributed by atoms with van der Waals surface area (Å²) < 4.78 is 0. The average Bonchev–Trinajstić information content (AvgIpc) is 2.93. The van der Waals surface area contributed by atoms with Gasteiger partial charge < -0.3 is 10.2 Å².